The van der Waals surface area contributed by atoms with Crippen LogP contribution in [0.1, 0.15) is 19.3 Å². The molecule has 6 heteroatoms. The van der Waals surface area contributed by atoms with Crippen molar-refractivity contribution in [1.29, 1.82) is 0 Å². The Hall–Kier alpha value is -0.750. The summed E-state index contributed by atoms with van der Waals surface area (Å²) in [5.74, 6) is 1.83. The van der Waals surface area contributed by atoms with Crippen LogP contribution in [0.3, 0.4) is 0 Å². The summed E-state index contributed by atoms with van der Waals surface area (Å²) in [6, 6.07) is 10.5. The molecule has 128 valence electrons. The van der Waals surface area contributed by atoms with Crippen molar-refractivity contribution in [2.24, 2.45) is 11.7 Å². The zero-order valence-corrected chi connectivity index (χ0v) is 14.9. The van der Waals surface area contributed by atoms with Crippen LogP contribution in [0.2, 0.25) is 0 Å². The van der Waals surface area contributed by atoms with Crippen molar-refractivity contribution < 1.29 is 9.53 Å². The largest absolute Gasteiger partial charge is 0.364 e. The lowest BCUT2D eigenvalue weighted by molar-refractivity contribution is -0.141. The molecule has 0 saturated carbocycles. The van der Waals surface area contributed by atoms with Gasteiger partial charge in [-0.25, -0.2) is 0 Å². The van der Waals surface area contributed by atoms with Gasteiger partial charge in [-0.1, -0.05) is 18.2 Å². The third kappa shape index (κ3) is 4.86. The van der Waals surface area contributed by atoms with Crippen molar-refractivity contribution in [3.8, 4) is 0 Å². The number of ether oxygens (including phenoxy) is 1. The van der Waals surface area contributed by atoms with Gasteiger partial charge < -0.3 is 15.4 Å². The van der Waals surface area contributed by atoms with Gasteiger partial charge in [-0.3, -0.25) is 4.79 Å². The molecule has 4 nitrogen and oxygen atoms in total. The topological polar surface area (TPSA) is 55.6 Å². The molecule has 23 heavy (non-hydrogen) atoms. The summed E-state index contributed by atoms with van der Waals surface area (Å²) in [5.41, 5.74) is 5.61. The number of benzene rings is 1. The lowest BCUT2D eigenvalue weighted by Gasteiger charge is -2.21. The van der Waals surface area contributed by atoms with Crippen LogP contribution in [0.4, 0.5) is 0 Å². The van der Waals surface area contributed by atoms with Crippen LogP contribution in [0.15, 0.2) is 35.2 Å². The summed E-state index contributed by atoms with van der Waals surface area (Å²) in [7, 11) is 0. The Morgan fingerprint density at radius 2 is 2.04 bits per heavy atom. The van der Waals surface area contributed by atoms with E-state index in [1.165, 1.54) is 4.90 Å². The number of thioether (sulfide) groups is 1. The van der Waals surface area contributed by atoms with Crippen molar-refractivity contribution in [2.45, 2.75) is 36.4 Å². The van der Waals surface area contributed by atoms with Gasteiger partial charge in [0.25, 0.3) is 5.91 Å². The molecule has 1 aromatic rings. The molecule has 0 aromatic heterocycles. The molecule has 2 saturated heterocycles. The van der Waals surface area contributed by atoms with Gasteiger partial charge in [-0.15, -0.1) is 24.2 Å². The Kier molecular flexibility index (Phi) is 7.21. The van der Waals surface area contributed by atoms with E-state index in [1.807, 2.05) is 22.7 Å². The molecule has 2 aliphatic heterocycles. The Balaban J connectivity index is 0.00000192. The van der Waals surface area contributed by atoms with E-state index in [0.29, 0.717) is 12.5 Å². The SMILES string of the molecule is Cl.NC[C@H]1CC[C@@H](C(=O)N2CCC(CSc3ccccc3)C2)O1. The Bertz CT molecular complexity index is 503. The Morgan fingerprint density at radius 3 is 2.74 bits per heavy atom. The Morgan fingerprint density at radius 1 is 1.26 bits per heavy atom. The van der Waals surface area contributed by atoms with Gasteiger partial charge in [0.1, 0.15) is 6.10 Å². The molecule has 0 bridgehead atoms. The predicted octanol–water partition coefficient (Wildman–Crippen LogP) is 2.56. The standard InChI is InChI=1S/C17H24N2O2S.ClH/c18-10-14-6-7-16(21-14)17(20)19-9-8-13(11-19)12-22-15-4-2-1-3-5-15;/h1-5,13-14,16H,6-12,18H2;1H/t13?,14-,16+;/m1./s1. The molecule has 2 heterocycles. The van der Waals surface area contributed by atoms with Crippen LogP contribution in [0.5, 0.6) is 0 Å². The van der Waals surface area contributed by atoms with Crippen LogP contribution < -0.4 is 5.73 Å². The minimum absolute atomic E-state index is 0. The van der Waals surface area contributed by atoms with E-state index in [-0.39, 0.29) is 30.5 Å². The first-order valence-corrected chi connectivity index (χ1v) is 9.07. The van der Waals surface area contributed by atoms with Crippen molar-refractivity contribution in [1.82, 2.24) is 4.90 Å². The number of rotatable bonds is 5. The number of carbonyl (C=O) groups excluding carboxylic acids is 1. The third-order valence-electron chi connectivity index (χ3n) is 4.47. The highest BCUT2D eigenvalue weighted by Crippen LogP contribution is 2.28. The van der Waals surface area contributed by atoms with E-state index in [2.05, 4.69) is 24.3 Å². The minimum Gasteiger partial charge on any atom is -0.364 e. The molecule has 3 atom stereocenters. The summed E-state index contributed by atoms with van der Waals surface area (Å²) in [4.78, 5) is 15.8. The van der Waals surface area contributed by atoms with Crippen molar-refractivity contribution >= 4 is 30.1 Å². The zero-order chi connectivity index (χ0) is 15.4. The normalized spacial score (nSPS) is 27.0. The van der Waals surface area contributed by atoms with E-state index in [0.717, 1.165) is 38.1 Å². The molecule has 1 amide bonds. The number of carbonyl (C=O) groups is 1. The van der Waals surface area contributed by atoms with Gasteiger partial charge in [0, 0.05) is 30.3 Å². The fraction of sp³-hybridized carbons (Fsp3) is 0.588. The van der Waals surface area contributed by atoms with Crippen LogP contribution in [-0.2, 0) is 9.53 Å². The van der Waals surface area contributed by atoms with Gasteiger partial charge in [0.05, 0.1) is 6.10 Å². The highest BCUT2D eigenvalue weighted by Gasteiger charge is 2.35. The van der Waals surface area contributed by atoms with Crippen LogP contribution in [-0.4, -0.2) is 48.4 Å². The highest BCUT2D eigenvalue weighted by atomic mass is 35.5. The first-order valence-electron chi connectivity index (χ1n) is 8.08. The number of hydrogen-bond acceptors (Lipinski definition) is 4. The number of hydrogen-bond donors (Lipinski definition) is 1. The second-order valence-electron chi connectivity index (χ2n) is 6.12. The lowest BCUT2D eigenvalue weighted by atomic mass is 10.1. The van der Waals surface area contributed by atoms with Crippen LogP contribution in [0, 0.1) is 5.92 Å². The van der Waals surface area contributed by atoms with Crippen LogP contribution in [0.25, 0.3) is 0 Å². The summed E-state index contributed by atoms with van der Waals surface area (Å²) >= 11 is 1.88. The first kappa shape index (κ1) is 18.6. The molecular weight excluding hydrogens is 332 g/mol. The monoisotopic (exact) mass is 356 g/mol. The molecule has 2 fully saturated rings. The van der Waals surface area contributed by atoms with E-state index in [9.17, 15) is 4.79 Å². The zero-order valence-electron chi connectivity index (χ0n) is 13.2. The number of nitrogens with zero attached hydrogens (tertiary/aromatic N) is 1. The molecule has 1 unspecified atom stereocenters. The smallest absolute Gasteiger partial charge is 0.251 e. The van der Waals surface area contributed by atoms with E-state index >= 15 is 0 Å². The molecule has 0 radical (unpaired) electrons. The van der Waals surface area contributed by atoms with Gasteiger partial charge in [-0.2, -0.15) is 0 Å². The summed E-state index contributed by atoms with van der Waals surface area (Å²) in [6.45, 7) is 2.25. The number of nitrogens with two attached hydrogens (primary N) is 1. The number of halogens is 1. The molecule has 0 aliphatic carbocycles. The molecule has 1 aromatic carbocycles. The molecule has 2 N–H and O–H groups in total. The third-order valence-corrected chi connectivity index (χ3v) is 5.72. The summed E-state index contributed by atoms with van der Waals surface area (Å²) in [6.07, 6.45) is 2.64. The minimum atomic E-state index is -0.255. The van der Waals surface area contributed by atoms with Gasteiger partial charge in [0.15, 0.2) is 0 Å². The second-order valence-corrected chi connectivity index (χ2v) is 7.22. The van der Waals surface area contributed by atoms with Crippen molar-refractivity contribution in [3.63, 3.8) is 0 Å². The van der Waals surface area contributed by atoms with E-state index in [1.54, 1.807) is 0 Å². The number of likely N-dealkylation sites (tertiary alicyclic amines) is 1. The average molecular weight is 357 g/mol. The number of amides is 1. The fourth-order valence-corrected chi connectivity index (χ4v) is 4.21. The van der Waals surface area contributed by atoms with E-state index in [4.69, 9.17) is 10.5 Å². The summed E-state index contributed by atoms with van der Waals surface area (Å²) in [5, 5.41) is 0. The predicted molar refractivity (Wildman–Crippen MR) is 96.1 cm³/mol. The van der Waals surface area contributed by atoms with E-state index < -0.39 is 0 Å². The van der Waals surface area contributed by atoms with Gasteiger partial charge in [-0.05, 0) is 37.3 Å². The quantitative estimate of drug-likeness (QED) is 0.824. The van der Waals surface area contributed by atoms with Crippen molar-refractivity contribution in [2.75, 3.05) is 25.4 Å². The maximum Gasteiger partial charge on any atom is 0.251 e. The molecule has 3 rings (SSSR count). The second kappa shape index (κ2) is 8.92. The Labute approximate surface area is 148 Å². The highest BCUT2D eigenvalue weighted by molar-refractivity contribution is 7.99. The van der Waals surface area contributed by atoms with Crippen LogP contribution >= 0.6 is 24.2 Å². The van der Waals surface area contributed by atoms with Gasteiger partial charge >= 0.3 is 0 Å². The molecule has 2 aliphatic rings. The lowest BCUT2D eigenvalue weighted by Crippen LogP contribution is -2.38. The van der Waals surface area contributed by atoms with Crippen molar-refractivity contribution in [3.05, 3.63) is 30.3 Å². The maximum absolute atomic E-state index is 12.5. The fourth-order valence-electron chi connectivity index (χ4n) is 3.16. The first-order chi connectivity index (χ1) is 10.8. The molecule has 0 spiro atoms. The molecular formula is C17H25ClN2O2S. The summed E-state index contributed by atoms with van der Waals surface area (Å²) < 4.78 is 5.73. The average Bonchev–Trinajstić information content (AvgIpc) is 3.22. The van der Waals surface area contributed by atoms with Gasteiger partial charge in [0.2, 0.25) is 0 Å². The maximum atomic E-state index is 12.5.